The van der Waals surface area contributed by atoms with Gasteiger partial charge in [0.05, 0.1) is 7.11 Å². The summed E-state index contributed by atoms with van der Waals surface area (Å²) in [6.07, 6.45) is -2.00. The topological polar surface area (TPSA) is 155 Å². The number of hydrazone groups is 1. The first-order valence-corrected chi connectivity index (χ1v) is 13.7. The van der Waals surface area contributed by atoms with Crippen molar-refractivity contribution in [3.63, 3.8) is 0 Å². The maximum Gasteiger partial charge on any atom is 0.493 e. The van der Waals surface area contributed by atoms with Crippen LogP contribution in [0.2, 0.25) is 0 Å². The van der Waals surface area contributed by atoms with E-state index in [-0.39, 0.29) is 34.9 Å². The highest BCUT2D eigenvalue weighted by Gasteiger charge is 2.52. The number of fused-ring (bicyclic) bond motifs is 2. The van der Waals surface area contributed by atoms with Crippen LogP contribution in [-0.2, 0) is 16.1 Å². The number of nitrogens with one attached hydrogen (secondary N) is 1. The van der Waals surface area contributed by atoms with Gasteiger partial charge in [-0.2, -0.15) is 18.2 Å². The molecular weight excluding hydrogens is 631 g/mol. The lowest BCUT2D eigenvalue weighted by Crippen LogP contribution is -2.60. The molecule has 14 nitrogen and oxygen atoms in total. The van der Waals surface area contributed by atoms with Crippen LogP contribution in [0.5, 0.6) is 5.88 Å². The molecule has 1 amide bonds. The lowest BCUT2D eigenvalue weighted by molar-refractivity contribution is -0.249. The molecule has 18 heteroatoms. The molecule has 0 bridgehead atoms. The van der Waals surface area contributed by atoms with Crippen molar-refractivity contribution in [2.45, 2.75) is 57.9 Å². The number of imidazole rings is 1. The summed E-state index contributed by atoms with van der Waals surface area (Å²) in [4.78, 5) is 48.4. The van der Waals surface area contributed by atoms with E-state index in [1.165, 1.54) is 18.2 Å². The number of carbonyl (C=O) groups excluding carboxylic acids is 2. The van der Waals surface area contributed by atoms with Crippen molar-refractivity contribution < 1.29 is 36.9 Å². The number of aryl methyl sites for hydroxylation is 1. The smallest absolute Gasteiger partial charge is 0.481 e. The van der Waals surface area contributed by atoms with Gasteiger partial charge in [0.1, 0.15) is 11.5 Å². The second-order valence-electron chi connectivity index (χ2n) is 9.30. The molecule has 5 rings (SSSR count). The molecule has 0 fully saturated rings. The van der Waals surface area contributed by atoms with Gasteiger partial charge in [0.15, 0.2) is 10.6 Å². The number of aromatic amines is 1. The molecular formula is C24H25BrF3N9O5. The first-order chi connectivity index (χ1) is 20.1. The molecule has 0 radical (unpaired) electrons. The minimum Gasteiger partial charge on any atom is -0.481 e. The first kappa shape index (κ1) is 29.3. The van der Waals surface area contributed by atoms with E-state index < -0.39 is 24.3 Å². The van der Waals surface area contributed by atoms with Crippen molar-refractivity contribution in [2.75, 3.05) is 18.6 Å². The Morgan fingerprint density at radius 3 is 2.69 bits per heavy atom. The Balaban J connectivity index is 1.36. The van der Waals surface area contributed by atoms with E-state index in [4.69, 9.17) is 9.26 Å². The van der Waals surface area contributed by atoms with Crippen molar-refractivity contribution in [1.29, 1.82) is 0 Å². The molecule has 1 atom stereocenters. The van der Waals surface area contributed by atoms with Gasteiger partial charge in [0.25, 0.3) is 5.91 Å². The lowest BCUT2D eigenvalue weighted by Gasteiger charge is -2.40. The SMILES string of the molecule is CCCCCN1c2nc(Br)[nH]c2C(=O)N2C(CCCc3nc(-c4ccc(OC)nc4)no3)=NN(OC(=O)C(F)(F)F)C21. The highest BCUT2D eigenvalue weighted by molar-refractivity contribution is 9.10. The summed E-state index contributed by atoms with van der Waals surface area (Å²) in [6.45, 7) is 2.30. The fourth-order valence-corrected chi connectivity index (χ4v) is 4.85. The molecule has 2 aliphatic rings. The molecule has 3 aromatic heterocycles. The molecule has 0 aliphatic carbocycles. The third-order valence-electron chi connectivity index (χ3n) is 6.43. The number of amides is 1. The van der Waals surface area contributed by atoms with E-state index in [2.05, 4.69) is 51.0 Å². The number of pyridine rings is 1. The molecule has 5 heterocycles. The monoisotopic (exact) mass is 655 g/mol. The van der Waals surface area contributed by atoms with Gasteiger partial charge < -0.3 is 24.0 Å². The summed E-state index contributed by atoms with van der Waals surface area (Å²) in [7, 11) is 1.50. The third-order valence-corrected chi connectivity index (χ3v) is 6.81. The third kappa shape index (κ3) is 5.88. The Bertz CT molecular complexity index is 1480. The quantitative estimate of drug-likeness (QED) is 0.298. The van der Waals surface area contributed by atoms with Gasteiger partial charge in [0, 0.05) is 37.2 Å². The van der Waals surface area contributed by atoms with Crippen LogP contribution in [0.4, 0.5) is 19.0 Å². The number of ether oxygens (including phenoxy) is 1. The predicted octanol–water partition coefficient (Wildman–Crippen LogP) is 4.03. The fraction of sp³-hybridized carbons (Fsp3) is 0.458. The summed E-state index contributed by atoms with van der Waals surface area (Å²) in [5.41, 5.74) is 0.737. The molecule has 2 aliphatic heterocycles. The number of hydroxylamine groups is 1. The van der Waals surface area contributed by atoms with Gasteiger partial charge in [-0.15, -0.1) is 5.10 Å². The van der Waals surface area contributed by atoms with E-state index in [0.717, 1.165) is 12.8 Å². The number of amidine groups is 1. The van der Waals surface area contributed by atoms with Crippen LogP contribution in [-0.4, -0.2) is 79.0 Å². The van der Waals surface area contributed by atoms with E-state index in [9.17, 15) is 22.8 Å². The number of carbonyl (C=O) groups is 2. The van der Waals surface area contributed by atoms with Gasteiger partial charge >= 0.3 is 12.1 Å². The number of rotatable bonds is 11. The van der Waals surface area contributed by atoms with Crippen molar-refractivity contribution in [3.05, 3.63) is 34.6 Å². The molecule has 0 saturated heterocycles. The number of methoxy groups -OCH3 is 1. The van der Waals surface area contributed by atoms with Gasteiger partial charge in [-0.3, -0.25) is 4.79 Å². The number of unbranched alkanes of at least 4 members (excludes halogenated alkanes) is 2. The summed E-state index contributed by atoms with van der Waals surface area (Å²) in [6, 6.07) is 3.38. The highest BCUT2D eigenvalue weighted by atomic mass is 79.9. The zero-order valence-corrected chi connectivity index (χ0v) is 24.0. The molecule has 224 valence electrons. The lowest BCUT2D eigenvalue weighted by atomic mass is 10.1. The Labute approximate surface area is 244 Å². The van der Waals surface area contributed by atoms with Crippen molar-refractivity contribution >= 4 is 39.5 Å². The maximum absolute atomic E-state index is 13.5. The Kier molecular flexibility index (Phi) is 8.33. The fourth-order valence-electron chi connectivity index (χ4n) is 4.48. The number of H-pyrrole nitrogens is 1. The zero-order valence-electron chi connectivity index (χ0n) is 22.4. The predicted molar refractivity (Wildman–Crippen MR) is 142 cm³/mol. The summed E-state index contributed by atoms with van der Waals surface area (Å²) < 4.78 is 50.1. The number of anilines is 1. The van der Waals surface area contributed by atoms with E-state index >= 15 is 0 Å². The van der Waals surface area contributed by atoms with Crippen LogP contribution in [0.15, 0.2) is 32.7 Å². The Hall–Kier alpha value is -4.22. The number of alkyl halides is 3. The average molecular weight is 656 g/mol. The largest absolute Gasteiger partial charge is 0.493 e. The molecule has 1 unspecified atom stereocenters. The molecule has 0 saturated carbocycles. The number of hydrogen-bond donors (Lipinski definition) is 1. The van der Waals surface area contributed by atoms with Crippen LogP contribution < -0.4 is 9.64 Å². The number of hydrogen-bond acceptors (Lipinski definition) is 12. The standard InChI is InChI=1S/C24H25BrF3N9O5/c1-3-4-5-11-35-19-17(31-22(25)32-19)20(38)36-14(33-37(23(35)36)42-21(39)24(26,27)28)7-6-8-16-30-18(34-41-16)13-9-10-15(40-2)29-12-13/h9-10,12,23H,3-8,11H2,1-2H3,(H,31,32). The minimum atomic E-state index is -5.27. The summed E-state index contributed by atoms with van der Waals surface area (Å²) >= 11 is 3.22. The van der Waals surface area contributed by atoms with E-state index in [1.54, 1.807) is 17.0 Å². The Morgan fingerprint density at radius 1 is 1.19 bits per heavy atom. The number of nitrogens with zero attached hydrogens (tertiary/aromatic N) is 8. The van der Waals surface area contributed by atoms with Gasteiger partial charge in [-0.1, -0.05) is 30.1 Å². The molecule has 0 aromatic carbocycles. The number of aromatic nitrogens is 5. The minimum absolute atomic E-state index is 0.0935. The molecule has 3 aromatic rings. The second kappa shape index (κ2) is 11.9. The Morgan fingerprint density at radius 2 is 2.00 bits per heavy atom. The highest BCUT2D eigenvalue weighted by Crippen LogP contribution is 2.37. The average Bonchev–Trinajstić information content (AvgIpc) is 3.68. The normalized spacial score (nSPS) is 16.4. The van der Waals surface area contributed by atoms with Crippen LogP contribution in [0, 0.1) is 0 Å². The molecule has 42 heavy (non-hydrogen) atoms. The van der Waals surface area contributed by atoms with Gasteiger partial charge in [0.2, 0.25) is 23.9 Å². The van der Waals surface area contributed by atoms with Crippen LogP contribution in [0.25, 0.3) is 11.4 Å². The zero-order chi connectivity index (χ0) is 30.0. The van der Waals surface area contributed by atoms with Crippen LogP contribution >= 0.6 is 15.9 Å². The molecule has 1 N–H and O–H groups in total. The second-order valence-corrected chi connectivity index (χ2v) is 10.0. The van der Waals surface area contributed by atoms with Gasteiger partial charge in [-0.25, -0.2) is 19.7 Å². The molecule has 0 spiro atoms. The number of halogens is 4. The van der Waals surface area contributed by atoms with Gasteiger partial charge in [-0.05, 0) is 34.8 Å². The van der Waals surface area contributed by atoms with E-state index in [0.29, 0.717) is 47.7 Å². The van der Waals surface area contributed by atoms with E-state index in [1.807, 2.05) is 6.92 Å². The van der Waals surface area contributed by atoms with Crippen LogP contribution in [0.3, 0.4) is 0 Å². The van der Waals surface area contributed by atoms with Crippen LogP contribution in [0.1, 0.15) is 55.4 Å². The summed E-state index contributed by atoms with van der Waals surface area (Å²) in [5, 5.41) is 8.60. The van der Waals surface area contributed by atoms with Crippen molar-refractivity contribution in [2.24, 2.45) is 5.10 Å². The maximum atomic E-state index is 13.5. The summed E-state index contributed by atoms with van der Waals surface area (Å²) in [5.74, 6) is -1.71. The van der Waals surface area contributed by atoms with Crippen molar-refractivity contribution in [1.82, 2.24) is 35.2 Å². The van der Waals surface area contributed by atoms with Crippen molar-refractivity contribution in [3.8, 4) is 17.3 Å². The first-order valence-electron chi connectivity index (χ1n) is 12.9.